The molecule has 3 rings (SSSR count). The second kappa shape index (κ2) is 3.63. The fourth-order valence-corrected chi connectivity index (χ4v) is 2.17. The van der Waals surface area contributed by atoms with Crippen molar-refractivity contribution in [3.63, 3.8) is 0 Å². The van der Waals surface area contributed by atoms with Gasteiger partial charge in [-0.2, -0.15) is 0 Å². The molecule has 0 spiro atoms. The van der Waals surface area contributed by atoms with Crippen LogP contribution in [-0.2, 0) is 0 Å². The number of ether oxygens (including phenoxy) is 1. The van der Waals surface area contributed by atoms with Crippen molar-refractivity contribution in [1.82, 2.24) is 9.97 Å². The molecule has 0 unspecified atom stereocenters. The van der Waals surface area contributed by atoms with Gasteiger partial charge >= 0.3 is 0 Å². The van der Waals surface area contributed by atoms with Crippen LogP contribution in [0.1, 0.15) is 5.69 Å². The summed E-state index contributed by atoms with van der Waals surface area (Å²) in [5.41, 5.74) is 2.86. The molecule has 0 aliphatic rings. The number of methoxy groups -OCH3 is 1. The van der Waals surface area contributed by atoms with Gasteiger partial charge in [0, 0.05) is 17.0 Å². The zero-order chi connectivity index (χ0) is 11.8. The van der Waals surface area contributed by atoms with Gasteiger partial charge in [0.05, 0.1) is 23.8 Å². The number of nitrogens with zero attached hydrogens (tertiary/aromatic N) is 1. The monoisotopic (exact) mass is 224 g/mol. The lowest BCUT2D eigenvalue weighted by Crippen LogP contribution is -1.83. The average molecular weight is 224 g/mol. The Kier molecular flexibility index (Phi) is 2.11. The predicted molar refractivity (Wildman–Crippen MR) is 70.2 cm³/mol. The highest BCUT2D eigenvalue weighted by atomic mass is 16.5. The number of benzene rings is 1. The number of fused-ring (bicyclic) bond motifs is 3. The molecular weight excluding hydrogens is 212 g/mol. The van der Waals surface area contributed by atoms with E-state index in [0.29, 0.717) is 0 Å². The highest BCUT2D eigenvalue weighted by Gasteiger charge is 2.10. The van der Waals surface area contributed by atoms with Crippen LogP contribution in [0.2, 0.25) is 0 Å². The van der Waals surface area contributed by atoms with Crippen molar-refractivity contribution in [2.45, 2.75) is 0 Å². The molecule has 2 heterocycles. The summed E-state index contributed by atoms with van der Waals surface area (Å²) in [5, 5.41) is 2.29. The van der Waals surface area contributed by atoms with E-state index in [-0.39, 0.29) is 0 Å². The summed E-state index contributed by atoms with van der Waals surface area (Å²) in [4.78, 5) is 7.64. The summed E-state index contributed by atoms with van der Waals surface area (Å²) in [5.74, 6) is 0.841. The number of rotatable bonds is 2. The molecule has 2 aromatic heterocycles. The molecule has 3 heteroatoms. The zero-order valence-corrected chi connectivity index (χ0v) is 9.53. The third-order valence-electron chi connectivity index (χ3n) is 2.96. The lowest BCUT2D eigenvalue weighted by Gasteiger charge is -1.99. The van der Waals surface area contributed by atoms with Crippen molar-refractivity contribution in [3.05, 3.63) is 42.7 Å². The van der Waals surface area contributed by atoms with E-state index in [1.54, 1.807) is 19.4 Å². The van der Waals surface area contributed by atoms with Gasteiger partial charge in [0.25, 0.3) is 0 Å². The first-order valence-corrected chi connectivity index (χ1v) is 5.41. The lowest BCUT2D eigenvalue weighted by molar-refractivity contribution is 0.419. The van der Waals surface area contributed by atoms with Crippen molar-refractivity contribution in [2.75, 3.05) is 7.11 Å². The molecule has 1 aromatic carbocycles. The molecule has 17 heavy (non-hydrogen) atoms. The topological polar surface area (TPSA) is 37.9 Å². The summed E-state index contributed by atoms with van der Waals surface area (Å²) in [7, 11) is 1.67. The summed E-state index contributed by atoms with van der Waals surface area (Å²) in [6.07, 6.45) is 3.55. The Morgan fingerprint density at radius 3 is 2.82 bits per heavy atom. The molecule has 0 atom stereocenters. The van der Waals surface area contributed by atoms with Crippen LogP contribution in [0, 0.1) is 0 Å². The Morgan fingerprint density at radius 2 is 2.06 bits per heavy atom. The van der Waals surface area contributed by atoms with E-state index in [4.69, 9.17) is 4.74 Å². The summed E-state index contributed by atoms with van der Waals surface area (Å²) in [6.45, 7) is 3.78. The zero-order valence-electron chi connectivity index (χ0n) is 9.53. The molecule has 3 nitrogen and oxygen atoms in total. The number of nitrogens with one attached hydrogen (secondary N) is 1. The summed E-state index contributed by atoms with van der Waals surface area (Å²) >= 11 is 0. The van der Waals surface area contributed by atoms with E-state index < -0.39 is 0 Å². The van der Waals surface area contributed by atoms with E-state index in [1.807, 2.05) is 18.2 Å². The van der Waals surface area contributed by atoms with E-state index >= 15 is 0 Å². The van der Waals surface area contributed by atoms with Crippen molar-refractivity contribution in [2.24, 2.45) is 0 Å². The van der Waals surface area contributed by atoms with Crippen LogP contribution in [0.15, 0.2) is 37.0 Å². The lowest BCUT2D eigenvalue weighted by atomic mass is 10.1. The Bertz CT molecular complexity index is 713. The Morgan fingerprint density at radius 1 is 1.24 bits per heavy atom. The maximum absolute atomic E-state index is 5.35. The summed E-state index contributed by atoms with van der Waals surface area (Å²) < 4.78 is 5.35. The van der Waals surface area contributed by atoms with Crippen LogP contribution < -0.4 is 4.74 Å². The Hall–Kier alpha value is -2.29. The fourth-order valence-electron chi connectivity index (χ4n) is 2.17. The molecule has 0 saturated heterocycles. The maximum atomic E-state index is 5.35. The van der Waals surface area contributed by atoms with Crippen LogP contribution in [0.25, 0.3) is 27.9 Å². The minimum Gasteiger partial charge on any atom is -0.495 e. The fraction of sp³-hybridized carbons (Fsp3) is 0.0714. The summed E-state index contributed by atoms with van der Waals surface area (Å²) in [6, 6.07) is 8.01. The molecule has 84 valence electrons. The Labute approximate surface area is 98.7 Å². The van der Waals surface area contributed by atoms with Gasteiger partial charge in [0.1, 0.15) is 5.75 Å². The first-order valence-electron chi connectivity index (χ1n) is 5.41. The number of aromatic nitrogens is 2. The van der Waals surface area contributed by atoms with E-state index in [0.717, 1.165) is 33.2 Å². The molecule has 0 fully saturated rings. The van der Waals surface area contributed by atoms with Crippen molar-refractivity contribution < 1.29 is 4.74 Å². The van der Waals surface area contributed by atoms with Gasteiger partial charge in [-0.05, 0) is 18.2 Å². The first kappa shape index (κ1) is 9.90. The normalized spacial score (nSPS) is 10.9. The van der Waals surface area contributed by atoms with Crippen LogP contribution >= 0.6 is 0 Å². The molecule has 1 N–H and O–H groups in total. The molecule has 0 saturated carbocycles. The minimum absolute atomic E-state index is 0.841. The quantitative estimate of drug-likeness (QED) is 0.724. The second-order valence-electron chi connectivity index (χ2n) is 3.83. The second-order valence-corrected chi connectivity index (χ2v) is 3.83. The third kappa shape index (κ3) is 1.32. The van der Waals surface area contributed by atoms with Crippen molar-refractivity contribution in [3.8, 4) is 5.75 Å². The number of hydrogen-bond acceptors (Lipinski definition) is 2. The molecule has 0 amide bonds. The molecule has 0 radical (unpaired) electrons. The van der Waals surface area contributed by atoms with Gasteiger partial charge in [-0.1, -0.05) is 18.7 Å². The van der Waals surface area contributed by atoms with Gasteiger partial charge in [-0.15, -0.1) is 0 Å². The first-order chi connectivity index (χ1) is 8.35. The largest absolute Gasteiger partial charge is 0.495 e. The van der Waals surface area contributed by atoms with Gasteiger partial charge in [-0.25, -0.2) is 0 Å². The standard InChI is InChI=1S/C14H12N2O/c1-3-11-13-10(7-8-15-11)9-5-4-6-12(17-2)14(9)16-13/h3-8,16H,1H2,2H3. The number of para-hydroxylation sites is 1. The SMILES string of the molecule is C=Cc1nccc2c1[nH]c1c(OC)cccc12. The van der Waals surface area contributed by atoms with Crippen molar-refractivity contribution >= 4 is 27.9 Å². The maximum Gasteiger partial charge on any atom is 0.142 e. The van der Waals surface area contributed by atoms with Gasteiger partial charge in [-0.3, -0.25) is 4.98 Å². The van der Waals surface area contributed by atoms with Gasteiger partial charge in [0.2, 0.25) is 0 Å². The third-order valence-corrected chi connectivity index (χ3v) is 2.96. The Balaban J connectivity index is 2.53. The molecule has 0 aliphatic heterocycles. The number of hydrogen-bond donors (Lipinski definition) is 1. The average Bonchev–Trinajstić information content (AvgIpc) is 2.77. The highest BCUT2D eigenvalue weighted by molar-refractivity contribution is 6.10. The van der Waals surface area contributed by atoms with E-state index in [2.05, 4.69) is 22.6 Å². The van der Waals surface area contributed by atoms with Crippen LogP contribution in [-0.4, -0.2) is 17.1 Å². The van der Waals surface area contributed by atoms with Crippen molar-refractivity contribution in [1.29, 1.82) is 0 Å². The van der Waals surface area contributed by atoms with Crippen LogP contribution in [0.3, 0.4) is 0 Å². The van der Waals surface area contributed by atoms with E-state index in [1.165, 1.54) is 0 Å². The molecule has 3 aromatic rings. The number of pyridine rings is 1. The molecule has 0 bridgehead atoms. The highest BCUT2D eigenvalue weighted by Crippen LogP contribution is 2.32. The molecule has 0 aliphatic carbocycles. The molecular formula is C14H12N2O. The number of aromatic amines is 1. The van der Waals surface area contributed by atoms with Gasteiger partial charge < -0.3 is 9.72 Å². The van der Waals surface area contributed by atoms with Crippen LogP contribution in [0.5, 0.6) is 5.75 Å². The minimum atomic E-state index is 0.841. The smallest absolute Gasteiger partial charge is 0.142 e. The van der Waals surface area contributed by atoms with Crippen LogP contribution in [0.4, 0.5) is 0 Å². The van der Waals surface area contributed by atoms with Gasteiger partial charge in [0.15, 0.2) is 0 Å². The van der Waals surface area contributed by atoms with E-state index in [9.17, 15) is 0 Å². The predicted octanol–water partition coefficient (Wildman–Crippen LogP) is 3.37. The number of H-pyrrole nitrogens is 1.